The van der Waals surface area contributed by atoms with E-state index in [0.29, 0.717) is 5.75 Å². The van der Waals surface area contributed by atoms with Crippen molar-refractivity contribution in [1.82, 2.24) is 0 Å². The van der Waals surface area contributed by atoms with Crippen LogP contribution in [-0.4, -0.2) is 38.2 Å². The first-order chi connectivity index (χ1) is 12.6. The number of hydrogen-bond acceptors (Lipinski definition) is 4. The molecule has 1 aromatic carbocycles. The van der Waals surface area contributed by atoms with E-state index in [1.807, 2.05) is 6.07 Å². The van der Waals surface area contributed by atoms with Crippen LogP contribution in [0.5, 0.6) is 11.5 Å². The molecule has 4 nitrogen and oxygen atoms in total. The fraction of sp³-hybridized carbons (Fsp3) is 0.667. The van der Waals surface area contributed by atoms with Crippen molar-refractivity contribution in [3.63, 3.8) is 0 Å². The molecule has 0 N–H and O–H groups in total. The number of unbranched alkanes of at least 4 members (excludes halogenated alkanes) is 3. The van der Waals surface area contributed by atoms with Crippen molar-refractivity contribution in [1.29, 1.82) is 0 Å². The monoisotopic (exact) mass is 470 g/mol. The third kappa shape index (κ3) is 4.87. The zero-order valence-corrected chi connectivity index (χ0v) is 19.7. The fourth-order valence-electron chi connectivity index (χ4n) is 3.98. The molecule has 0 unspecified atom stereocenters. The number of rotatable bonds is 11. The Morgan fingerprint density at radius 1 is 0.962 bits per heavy atom. The number of carbonyl (C=O) groups excluding carboxylic acids is 1. The van der Waals surface area contributed by atoms with Crippen LogP contribution in [0.1, 0.15) is 69.7 Å². The Hall–Kier alpha value is -0.911. The summed E-state index contributed by atoms with van der Waals surface area (Å²) in [6.07, 6.45) is 7.36. The number of fused-ring (bicyclic) bond motifs is 1. The van der Waals surface area contributed by atoms with Crippen LogP contribution < -0.4 is 13.1 Å². The van der Waals surface area contributed by atoms with E-state index < -0.39 is 18.4 Å². The molecule has 0 atom stereocenters. The first kappa shape index (κ1) is 21.4. The second kappa shape index (κ2) is 10.4. The van der Waals surface area contributed by atoms with Crippen LogP contribution in [0.25, 0.3) is 0 Å². The van der Waals surface area contributed by atoms with Crippen LogP contribution in [0.3, 0.4) is 0 Å². The van der Waals surface area contributed by atoms with Gasteiger partial charge in [-0.15, -0.1) is 0 Å². The summed E-state index contributed by atoms with van der Waals surface area (Å²) in [5.74, 6) is 1.25. The average Bonchev–Trinajstić information content (AvgIpc) is 3.13. The van der Waals surface area contributed by atoms with Gasteiger partial charge in [0.1, 0.15) is 0 Å². The van der Waals surface area contributed by atoms with Gasteiger partial charge in [0, 0.05) is 0 Å². The summed E-state index contributed by atoms with van der Waals surface area (Å²) in [6.45, 7) is 7.02. The van der Waals surface area contributed by atoms with E-state index in [9.17, 15) is 4.79 Å². The summed E-state index contributed by atoms with van der Waals surface area (Å²) in [4.78, 5) is 12.6. The van der Waals surface area contributed by atoms with Gasteiger partial charge in [0.15, 0.2) is 0 Å². The molecule has 1 aliphatic heterocycles. The molecule has 146 valence electrons. The normalized spacial score (nSPS) is 13.1. The minimum atomic E-state index is -2.77. The van der Waals surface area contributed by atoms with E-state index in [1.165, 1.54) is 62.5 Å². The van der Waals surface area contributed by atoms with Crippen LogP contribution in [0, 0.1) is 0 Å². The van der Waals surface area contributed by atoms with Gasteiger partial charge in [-0.3, -0.25) is 0 Å². The van der Waals surface area contributed by atoms with Crippen LogP contribution in [0.2, 0.25) is 13.3 Å². The average molecular weight is 469 g/mol. The maximum atomic E-state index is 12.6. The summed E-state index contributed by atoms with van der Waals surface area (Å²) < 4.78 is 21.6. The predicted octanol–water partition coefficient (Wildman–Crippen LogP) is 5.26. The number of methoxy groups -OCH3 is 1. The molecule has 0 fully saturated rings. The topological polar surface area (TPSA) is 44.8 Å². The number of hydrogen-bond donors (Lipinski definition) is 0. The van der Waals surface area contributed by atoms with Crippen LogP contribution in [-0.2, 0) is 4.74 Å². The molecule has 0 aromatic heterocycles. The van der Waals surface area contributed by atoms with Crippen molar-refractivity contribution in [3.05, 3.63) is 17.7 Å². The van der Waals surface area contributed by atoms with Gasteiger partial charge in [-0.25, -0.2) is 0 Å². The van der Waals surface area contributed by atoms with Crippen molar-refractivity contribution in [2.24, 2.45) is 0 Å². The first-order valence-corrected chi connectivity index (χ1v) is 17.6. The van der Waals surface area contributed by atoms with Crippen molar-refractivity contribution in [3.8, 4) is 11.5 Å². The molecule has 0 radical (unpaired) electrons. The number of carbonyl (C=O) groups is 1. The van der Waals surface area contributed by atoms with Gasteiger partial charge in [-0.1, -0.05) is 0 Å². The second-order valence-corrected chi connectivity index (χ2v) is 20.5. The third-order valence-corrected chi connectivity index (χ3v) is 21.2. The molecule has 0 aliphatic carbocycles. The van der Waals surface area contributed by atoms with Gasteiger partial charge in [0.2, 0.25) is 0 Å². The van der Waals surface area contributed by atoms with Gasteiger partial charge in [-0.05, 0) is 0 Å². The van der Waals surface area contributed by atoms with E-state index in [-0.39, 0.29) is 12.8 Å². The Labute approximate surface area is 162 Å². The fourth-order valence-corrected chi connectivity index (χ4v) is 20.6. The van der Waals surface area contributed by atoms with Gasteiger partial charge >= 0.3 is 163 Å². The molecule has 26 heavy (non-hydrogen) atoms. The predicted molar refractivity (Wildman–Crippen MR) is 108 cm³/mol. The number of ether oxygens (including phenoxy) is 3. The molecule has 0 amide bonds. The molecule has 1 aliphatic rings. The van der Waals surface area contributed by atoms with Crippen molar-refractivity contribution in [2.45, 2.75) is 72.6 Å². The standard InChI is InChI=1S/C9H7O4.3C4H9.Sn/c1-11-9(10)6-2-3-7-8(4-6)13-5-12-7;3*1-3-4-2;/h3-4H,5H2,1H3;3*1,3-4H2,2H3;. The summed E-state index contributed by atoms with van der Waals surface area (Å²) in [6, 6.07) is 4.02. The Morgan fingerprint density at radius 2 is 1.46 bits per heavy atom. The first-order valence-electron chi connectivity index (χ1n) is 10.1. The molecule has 5 heteroatoms. The summed E-state index contributed by atoms with van der Waals surface area (Å²) in [5.41, 5.74) is 0.732. The number of benzene rings is 1. The molecule has 0 spiro atoms. The molecule has 0 saturated carbocycles. The molecule has 1 aromatic rings. The van der Waals surface area contributed by atoms with Gasteiger partial charge in [0.25, 0.3) is 0 Å². The summed E-state index contributed by atoms with van der Waals surface area (Å²) in [7, 11) is 1.47. The molecule has 0 bridgehead atoms. The van der Waals surface area contributed by atoms with Crippen molar-refractivity contribution >= 4 is 27.9 Å². The number of esters is 1. The van der Waals surface area contributed by atoms with E-state index in [1.54, 1.807) is 0 Å². The van der Waals surface area contributed by atoms with Gasteiger partial charge < -0.3 is 0 Å². The molecule has 1 heterocycles. The van der Waals surface area contributed by atoms with E-state index in [2.05, 4.69) is 26.8 Å². The van der Waals surface area contributed by atoms with Crippen molar-refractivity contribution < 1.29 is 19.0 Å². The molecule has 2 rings (SSSR count). The SMILES string of the molecule is CCC[CH2][Sn]([CH2]CCC)([CH2]CCC)[c]1cc2c(cc1C(=O)OC)OCO2. The Balaban J connectivity index is 2.57. The Bertz CT molecular complexity index is 578. The van der Waals surface area contributed by atoms with Crippen molar-refractivity contribution in [2.75, 3.05) is 13.9 Å². The second-order valence-electron chi connectivity index (χ2n) is 7.33. The van der Waals surface area contributed by atoms with Crippen LogP contribution in [0.4, 0.5) is 0 Å². The summed E-state index contributed by atoms with van der Waals surface area (Å²) >= 11 is -2.77. The van der Waals surface area contributed by atoms with E-state index >= 15 is 0 Å². The zero-order valence-electron chi connectivity index (χ0n) is 16.9. The zero-order chi connectivity index (χ0) is 19.0. The third-order valence-electron chi connectivity index (χ3n) is 5.52. The van der Waals surface area contributed by atoms with E-state index in [4.69, 9.17) is 14.2 Å². The maximum absolute atomic E-state index is 12.6. The minimum absolute atomic E-state index is 0.233. The quantitative estimate of drug-likeness (QED) is 0.328. The van der Waals surface area contributed by atoms with Gasteiger partial charge in [-0.2, -0.15) is 0 Å². The van der Waals surface area contributed by atoms with Crippen LogP contribution >= 0.6 is 0 Å². The Morgan fingerprint density at radius 3 is 1.92 bits per heavy atom. The van der Waals surface area contributed by atoms with E-state index in [0.717, 1.165) is 11.3 Å². The van der Waals surface area contributed by atoms with Gasteiger partial charge in [0.05, 0.1) is 0 Å². The van der Waals surface area contributed by atoms with Crippen LogP contribution in [0.15, 0.2) is 12.1 Å². The molecular weight excluding hydrogens is 435 g/mol. The molecular formula is C21H34O4Sn. The Kier molecular flexibility index (Phi) is 8.58. The molecule has 0 saturated heterocycles. The summed E-state index contributed by atoms with van der Waals surface area (Å²) in [5, 5.41) is 0.